The highest BCUT2D eigenvalue weighted by atomic mass is 19.4. The summed E-state index contributed by atoms with van der Waals surface area (Å²) in [6, 6.07) is 19.2. The minimum atomic E-state index is -4.38. The molecule has 0 bridgehead atoms. The summed E-state index contributed by atoms with van der Waals surface area (Å²) in [5.74, 6) is 0.443. The molecule has 0 heterocycles. The maximum absolute atomic E-state index is 12.7. The number of benzene rings is 3. The summed E-state index contributed by atoms with van der Waals surface area (Å²) in [5, 5.41) is 0. The summed E-state index contributed by atoms with van der Waals surface area (Å²) in [4.78, 5) is 11.1. The average molecular weight is 356 g/mol. The molecule has 0 radical (unpaired) electrons. The number of alkyl halides is 3. The predicted octanol–water partition coefficient (Wildman–Crippen LogP) is 5.76. The van der Waals surface area contributed by atoms with E-state index < -0.39 is 11.7 Å². The van der Waals surface area contributed by atoms with Gasteiger partial charge >= 0.3 is 6.18 Å². The van der Waals surface area contributed by atoms with Crippen molar-refractivity contribution < 1.29 is 22.7 Å². The molecule has 0 unspecified atom stereocenters. The van der Waals surface area contributed by atoms with Gasteiger partial charge in [-0.05, 0) is 35.4 Å². The molecule has 3 rings (SSSR count). The second kappa shape index (κ2) is 7.44. The summed E-state index contributed by atoms with van der Waals surface area (Å²) >= 11 is 0. The summed E-state index contributed by atoms with van der Waals surface area (Å²) in [7, 11) is 0. The minimum absolute atomic E-state index is 0.288. The topological polar surface area (TPSA) is 26.3 Å². The van der Waals surface area contributed by atoms with Crippen LogP contribution >= 0.6 is 0 Å². The van der Waals surface area contributed by atoms with Crippen molar-refractivity contribution in [3.05, 3.63) is 89.5 Å². The van der Waals surface area contributed by atoms with Gasteiger partial charge in [0.05, 0.1) is 5.56 Å². The highest BCUT2D eigenvalue weighted by Gasteiger charge is 2.30. The largest absolute Gasteiger partial charge is 0.488 e. The molecule has 0 aliphatic rings. The third-order valence-electron chi connectivity index (χ3n) is 3.90. The van der Waals surface area contributed by atoms with E-state index in [1.165, 1.54) is 12.1 Å². The van der Waals surface area contributed by atoms with Gasteiger partial charge in [0.1, 0.15) is 18.6 Å². The number of hydrogen-bond donors (Lipinski definition) is 0. The van der Waals surface area contributed by atoms with Crippen LogP contribution in [0.25, 0.3) is 11.1 Å². The summed E-state index contributed by atoms with van der Waals surface area (Å²) in [6.45, 7) is 0.288. The Hall–Kier alpha value is -3.08. The van der Waals surface area contributed by atoms with Crippen LogP contribution in [0.15, 0.2) is 72.8 Å². The van der Waals surface area contributed by atoms with Gasteiger partial charge in [0.25, 0.3) is 0 Å². The fourth-order valence-corrected chi connectivity index (χ4v) is 2.54. The number of hydrogen-bond acceptors (Lipinski definition) is 2. The number of ether oxygens (including phenoxy) is 1. The SMILES string of the molecule is O=Cc1ccc(-c2ccc(C(F)(F)F)cc2)c(OCc2ccccc2)c1. The van der Waals surface area contributed by atoms with Gasteiger partial charge in [-0.3, -0.25) is 4.79 Å². The van der Waals surface area contributed by atoms with Crippen LogP contribution in [0.5, 0.6) is 5.75 Å². The lowest BCUT2D eigenvalue weighted by Crippen LogP contribution is -2.04. The van der Waals surface area contributed by atoms with Crippen LogP contribution in [-0.2, 0) is 12.8 Å². The fraction of sp³-hybridized carbons (Fsp3) is 0.0952. The van der Waals surface area contributed by atoms with Crippen LogP contribution in [0.1, 0.15) is 21.5 Å². The van der Waals surface area contributed by atoms with E-state index in [0.29, 0.717) is 28.7 Å². The number of carbonyl (C=O) groups is 1. The van der Waals surface area contributed by atoms with Crippen LogP contribution < -0.4 is 4.74 Å². The van der Waals surface area contributed by atoms with Crippen molar-refractivity contribution in [2.75, 3.05) is 0 Å². The predicted molar refractivity (Wildman–Crippen MR) is 93.0 cm³/mol. The van der Waals surface area contributed by atoms with Crippen LogP contribution in [-0.4, -0.2) is 6.29 Å². The van der Waals surface area contributed by atoms with E-state index >= 15 is 0 Å². The summed E-state index contributed by atoms with van der Waals surface area (Å²) in [5.41, 5.74) is 1.88. The molecule has 3 aromatic rings. The van der Waals surface area contributed by atoms with Crippen LogP contribution in [0.2, 0.25) is 0 Å². The molecule has 0 amide bonds. The highest BCUT2D eigenvalue weighted by Crippen LogP contribution is 2.34. The van der Waals surface area contributed by atoms with E-state index in [4.69, 9.17) is 4.74 Å². The van der Waals surface area contributed by atoms with Crippen molar-refractivity contribution in [3.63, 3.8) is 0 Å². The summed E-state index contributed by atoms with van der Waals surface area (Å²) < 4.78 is 44.1. The Labute approximate surface area is 148 Å². The molecule has 0 saturated heterocycles. The fourth-order valence-electron chi connectivity index (χ4n) is 2.54. The molecule has 0 N–H and O–H groups in total. The Morgan fingerprint density at radius 1 is 0.885 bits per heavy atom. The van der Waals surface area contributed by atoms with E-state index in [2.05, 4.69) is 0 Å². The second-order valence-corrected chi connectivity index (χ2v) is 5.72. The van der Waals surface area contributed by atoms with E-state index in [1.807, 2.05) is 30.3 Å². The zero-order valence-corrected chi connectivity index (χ0v) is 13.7. The molecule has 2 nitrogen and oxygen atoms in total. The van der Waals surface area contributed by atoms with Gasteiger partial charge in [0, 0.05) is 11.1 Å². The minimum Gasteiger partial charge on any atom is -0.488 e. The molecular weight excluding hydrogens is 341 g/mol. The van der Waals surface area contributed by atoms with E-state index in [9.17, 15) is 18.0 Å². The first kappa shape index (κ1) is 17.7. The van der Waals surface area contributed by atoms with Crippen molar-refractivity contribution in [3.8, 4) is 16.9 Å². The molecule has 0 aromatic heterocycles. The van der Waals surface area contributed by atoms with Gasteiger partial charge in [-0.15, -0.1) is 0 Å². The van der Waals surface area contributed by atoms with Crippen LogP contribution in [0, 0.1) is 0 Å². The number of rotatable bonds is 5. The van der Waals surface area contributed by atoms with Crippen LogP contribution in [0.3, 0.4) is 0 Å². The van der Waals surface area contributed by atoms with Crippen molar-refractivity contribution >= 4 is 6.29 Å². The molecule has 5 heteroatoms. The van der Waals surface area contributed by atoms with Crippen molar-refractivity contribution in [1.82, 2.24) is 0 Å². The molecule has 132 valence electrons. The van der Waals surface area contributed by atoms with Crippen molar-refractivity contribution in [2.45, 2.75) is 12.8 Å². The maximum atomic E-state index is 12.7. The molecular formula is C21H15F3O2. The normalized spacial score (nSPS) is 11.2. The number of aldehydes is 1. The number of carbonyl (C=O) groups excluding carboxylic acids is 1. The van der Waals surface area contributed by atoms with Gasteiger partial charge in [-0.1, -0.05) is 48.5 Å². The molecule has 0 aliphatic carbocycles. The Balaban J connectivity index is 1.92. The van der Waals surface area contributed by atoms with Crippen molar-refractivity contribution in [2.24, 2.45) is 0 Å². The Morgan fingerprint density at radius 2 is 1.58 bits per heavy atom. The summed E-state index contributed by atoms with van der Waals surface area (Å²) in [6.07, 6.45) is -3.68. The Morgan fingerprint density at radius 3 is 2.19 bits per heavy atom. The Kier molecular flexibility index (Phi) is 5.07. The monoisotopic (exact) mass is 356 g/mol. The quantitative estimate of drug-likeness (QED) is 0.543. The molecule has 0 spiro atoms. The molecule has 0 fully saturated rings. The first-order chi connectivity index (χ1) is 12.5. The highest BCUT2D eigenvalue weighted by molar-refractivity contribution is 5.80. The Bertz CT molecular complexity index is 885. The molecule has 0 saturated carbocycles. The molecule has 0 aliphatic heterocycles. The first-order valence-electron chi connectivity index (χ1n) is 7.91. The zero-order chi connectivity index (χ0) is 18.6. The third-order valence-corrected chi connectivity index (χ3v) is 3.90. The van der Waals surface area contributed by atoms with E-state index in [-0.39, 0.29) is 6.61 Å². The zero-order valence-electron chi connectivity index (χ0n) is 13.7. The van der Waals surface area contributed by atoms with E-state index in [0.717, 1.165) is 17.7 Å². The molecule has 0 atom stereocenters. The lowest BCUT2D eigenvalue weighted by molar-refractivity contribution is -0.137. The van der Waals surface area contributed by atoms with Crippen LogP contribution in [0.4, 0.5) is 13.2 Å². The first-order valence-corrected chi connectivity index (χ1v) is 7.91. The number of halogens is 3. The maximum Gasteiger partial charge on any atom is 0.416 e. The average Bonchev–Trinajstić information content (AvgIpc) is 2.66. The standard InChI is InChI=1S/C21H15F3O2/c22-21(23,24)18-9-7-17(8-10-18)19-11-6-16(13-25)12-20(19)26-14-15-4-2-1-3-5-15/h1-13H,14H2. The van der Waals surface area contributed by atoms with Gasteiger partial charge in [-0.2, -0.15) is 13.2 Å². The lowest BCUT2D eigenvalue weighted by atomic mass is 10.0. The molecule has 26 heavy (non-hydrogen) atoms. The van der Waals surface area contributed by atoms with Crippen molar-refractivity contribution in [1.29, 1.82) is 0 Å². The van der Waals surface area contributed by atoms with Gasteiger partial charge in [0.15, 0.2) is 0 Å². The lowest BCUT2D eigenvalue weighted by Gasteiger charge is -2.13. The van der Waals surface area contributed by atoms with Gasteiger partial charge < -0.3 is 4.74 Å². The molecule has 3 aromatic carbocycles. The van der Waals surface area contributed by atoms with E-state index in [1.54, 1.807) is 18.2 Å². The third kappa shape index (κ3) is 4.11. The van der Waals surface area contributed by atoms with Gasteiger partial charge in [-0.25, -0.2) is 0 Å². The van der Waals surface area contributed by atoms with Gasteiger partial charge in [0.2, 0.25) is 0 Å². The second-order valence-electron chi connectivity index (χ2n) is 5.72. The smallest absolute Gasteiger partial charge is 0.416 e.